The minimum absolute atomic E-state index is 0.205. The van der Waals surface area contributed by atoms with Gasteiger partial charge in [-0.25, -0.2) is 4.79 Å². The molecule has 0 unspecified atom stereocenters. The number of esters is 1. The van der Waals surface area contributed by atoms with E-state index in [-0.39, 0.29) is 18.0 Å². The molecule has 0 saturated heterocycles. The Kier molecular flexibility index (Phi) is 5.76. The van der Waals surface area contributed by atoms with Crippen LogP contribution in [0.4, 0.5) is 0 Å². The monoisotopic (exact) mass is 468 g/mol. The number of methoxy groups -OCH3 is 1. The van der Waals surface area contributed by atoms with Crippen molar-refractivity contribution >= 4 is 28.6 Å². The predicted molar refractivity (Wildman–Crippen MR) is 127 cm³/mol. The van der Waals surface area contributed by atoms with Crippen molar-refractivity contribution < 1.29 is 14.3 Å². The largest absolute Gasteiger partial charge is 0.465 e. The summed E-state index contributed by atoms with van der Waals surface area (Å²) in [5.74, 6) is -0.361. The molecule has 5 rings (SSSR count). The summed E-state index contributed by atoms with van der Waals surface area (Å²) in [6.07, 6.45) is 4.85. The summed E-state index contributed by atoms with van der Waals surface area (Å²) in [6, 6.07) is 15.4. The van der Waals surface area contributed by atoms with Gasteiger partial charge in [0, 0.05) is 24.5 Å². The topological polar surface area (TPSA) is 120 Å². The highest BCUT2D eigenvalue weighted by Gasteiger charge is 2.16. The molecule has 2 aromatic carbocycles. The molecule has 0 fully saturated rings. The SMILES string of the molecule is COC(=O)c1ccc(Cn2c(=O)c3cc(C(=O)NCc4ccncc4)ccc3n3cnnc23)cc1. The van der Waals surface area contributed by atoms with Crippen LogP contribution in [0.25, 0.3) is 16.7 Å². The van der Waals surface area contributed by atoms with Gasteiger partial charge in [-0.2, -0.15) is 0 Å². The molecule has 0 aliphatic carbocycles. The van der Waals surface area contributed by atoms with Gasteiger partial charge in [0.15, 0.2) is 0 Å². The molecule has 0 atom stereocenters. The van der Waals surface area contributed by atoms with Gasteiger partial charge in [-0.05, 0) is 53.6 Å². The van der Waals surface area contributed by atoms with Gasteiger partial charge in [0.1, 0.15) is 6.33 Å². The van der Waals surface area contributed by atoms with Crippen molar-refractivity contribution in [3.05, 3.63) is 106 Å². The Bertz CT molecular complexity index is 1610. The number of amides is 1. The number of nitrogens with one attached hydrogen (secondary N) is 1. The van der Waals surface area contributed by atoms with Crippen LogP contribution in [0.1, 0.15) is 31.8 Å². The number of fused-ring (bicyclic) bond motifs is 3. The van der Waals surface area contributed by atoms with Crippen LogP contribution < -0.4 is 10.9 Å². The molecular formula is C25H20N6O4. The lowest BCUT2D eigenvalue weighted by molar-refractivity contribution is 0.0600. The van der Waals surface area contributed by atoms with Gasteiger partial charge >= 0.3 is 5.97 Å². The van der Waals surface area contributed by atoms with Crippen LogP contribution >= 0.6 is 0 Å². The zero-order valence-electron chi connectivity index (χ0n) is 18.7. The number of pyridine rings is 1. The van der Waals surface area contributed by atoms with E-state index in [0.717, 1.165) is 11.1 Å². The standard InChI is InChI=1S/C25H20N6O4/c1-35-24(34)18-4-2-17(3-5-18)14-30-23(33)20-12-19(6-7-21(20)31-15-28-29-25(30)31)22(32)27-13-16-8-10-26-11-9-16/h2-12,15H,13-14H2,1H3,(H,27,32). The van der Waals surface area contributed by atoms with Gasteiger partial charge < -0.3 is 10.1 Å². The maximum Gasteiger partial charge on any atom is 0.337 e. The van der Waals surface area contributed by atoms with Crippen molar-refractivity contribution in [2.45, 2.75) is 13.1 Å². The highest BCUT2D eigenvalue weighted by atomic mass is 16.5. The molecule has 0 bridgehead atoms. The van der Waals surface area contributed by atoms with E-state index in [9.17, 15) is 14.4 Å². The summed E-state index contributed by atoms with van der Waals surface area (Å²) in [6.45, 7) is 0.548. The molecular weight excluding hydrogens is 448 g/mol. The van der Waals surface area contributed by atoms with E-state index in [1.165, 1.54) is 18.0 Å². The second kappa shape index (κ2) is 9.18. The molecule has 35 heavy (non-hydrogen) atoms. The van der Waals surface area contributed by atoms with E-state index in [0.29, 0.717) is 34.4 Å². The number of benzene rings is 2. The quantitative estimate of drug-likeness (QED) is 0.379. The fourth-order valence-corrected chi connectivity index (χ4v) is 3.85. The zero-order chi connectivity index (χ0) is 24.4. The zero-order valence-corrected chi connectivity index (χ0v) is 18.7. The maximum absolute atomic E-state index is 13.5. The molecule has 3 heterocycles. The second-order valence-corrected chi connectivity index (χ2v) is 7.85. The van der Waals surface area contributed by atoms with Crippen LogP contribution in [0, 0.1) is 0 Å². The van der Waals surface area contributed by atoms with Gasteiger partial charge in [-0.15, -0.1) is 10.2 Å². The summed E-state index contributed by atoms with van der Waals surface area (Å²) in [4.78, 5) is 41.9. The van der Waals surface area contributed by atoms with E-state index >= 15 is 0 Å². The molecule has 5 aromatic rings. The lowest BCUT2D eigenvalue weighted by atomic mass is 10.1. The minimum atomic E-state index is -0.436. The summed E-state index contributed by atoms with van der Waals surface area (Å²) in [5.41, 5.74) is 2.78. The van der Waals surface area contributed by atoms with Crippen LogP contribution in [0.15, 0.2) is 78.1 Å². The van der Waals surface area contributed by atoms with Crippen LogP contribution in [0.2, 0.25) is 0 Å². The lowest BCUT2D eigenvalue weighted by Crippen LogP contribution is -2.25. The van der Waals surface area contributed by atoms with Gasteiger partial charge in [-0.3, -0.25) is 23.5 Å². The Morgan fingerprint density at radius 2 is 1.71 bits per heavy atom. The van der Waals surface area contributed by atoms with Crippen molar-refractivity contribution in [3.63, 3.8) is 0 Å². The predicted octanol–water partition coefficient (Wildman–Crippen LogP) is 2.20. The summed E-state index contributed by atoms with van der Waals surface area (Å²) in [5, 5.41) is 11.3. The van der Waals surface area contributed by atoms with Crippen molar-refractivity contribution in [1.29, 1.82) is 0 Å². The van der Waals surface area contributed by atoms with E-state index in [4.69, 9.17) is 4.74 Å². The van der Waals surface area contributed by atoms with Crippen molar-refractivity contribution in [2.24, 2.45) is 0 Å². The molecule has 10 nitrogen and oxygen atoms in total. The highest BCUT2D eigenvalue weighted by Crippen LogP contribution is 2.16. The Morgan fingerprint density at radius 1 is 0.971 bits per heavy atom. The van der Waals surface area contributed by atoms with Gasteiger partial charge in [-0.1, -0.05) is 12.1 Å². The van der Waals surface area contributed by atoms with Crippen molar-refractivity contribution in [1.82, 2.24) is 29.5 Å². The first-order valence-corrected chi connectivity index (χ1v) is 10.8. The number of carbonyl (C=O) groups is 2. The number of ether oxygens (including phenoxy) is 1. The number of hydrogen-bond donors (Lipinski definition) is 1. The fraction of sp³-hybridized carbons (Fsp3) is 0.120. The summed E-state index contributed by atoms with van der Waals surface area (Å²) >= 11 is 0. The van der Waals surface area contributed by atoms with Crippen LogP contribution in [0.3, 0.4) is 0 Å². The summed E-state index contributed by atoms with van der Waals surface area (Å²) < 4.78 is 7.92. The number of aromatic nitrogens is 5. The third-order valence-electron chi connectivity index (χ3n) is 5.68. The van der Waals surface area contributed by atoms with Gasteiger partial charge in [0.2, 0.25) is 5.78 Å². The third kappa shape index (κ3) is 4.24. The fourth-order valence-electron chi connectivity index (χ4n) is 3.85. The Labute approximate surface area is 198 Å². The summed E-state index contributed by atoms with van der Waals surface area (Å²) in [7, 11) is 1.32. The highest BCUT2D eigenvalue weighted by molar-refractivity contribution is 5.98. The molecule has 1 N–H and O–H groups in total. The molecule has 3 aromatic heterocycles. The van der Waals surface area contributed by atoms with Crippen molar-refractivity contribution in [2.75, 3.05) is 7.11 Å². The average Bonchev–Trinajstić information content (AvgIpc) is 3.40. The molecule has 0 aliphatic heterocycles. The Balaban J connectivity index is 1.50. The van der Waals surface area contributed by atoms with E-state index in [2.05, 4.69) is 20.5 Å². The molecule has 10 heteroatoms. The minimum Gasteiger partial charge on any atom is -0.465 e. The van der Waals surface area contributed by atoms with Crippen LogP contribution in [0.5, 0.6) is 0 Å². The first-order chi connectivity index (χ1) is 17.0. The first-order valence-electron chi connectivity index (χ1n) is 10.8. The normalized spacial score (nSPS) is 11.0. The van der Waals surface area contributed by atoms with Gasteiger partial charge in [0.05, 0.1) is 30.1 Å². The number of hydrogen-bond acceptors (Lipinski definition) is 7. The molecule has 0 spiro atoms. The third-order valence-corrected chi connectivity index (χ3v) is 5.68. The maximum atomic E-state index is 13.5. The second-order valence-electron chi connectivity index (χ2n) is 7.85. The lowest BCUT2D eigenvalue weighted by Gasteiger charge is -2.12. The number of rotatable bonds is 6. The van der Waals surface area contributed by atoms with E-state index in [1.807, 2.05) is 12.1 Å². The molecule has 1 amide bonds. The molecule has 0 aliphatic rings. The van der Waals surface area contributed by atoms with Crippen LogP contribution in [-0.4, -0.2) is 43.1 Å². The Morgan fingerprint density at radius 3 is 2.46 bits per heavy atom. The first kappa shape index (κ1) is 22.0. The van der Waals surface area contributed by atoms with Crippen molar-refractivity contribution in [3.8, 4) is 0 Å². The molecule has 0 radical (unpaired) electrons. The Hall–Kier alpha value is -4.86. The smallest absolute Gasteiger partial charge is 0.337 e. The number of carbonyl (C=O) groups excluding carboxylic acids is 2. The average molecular weight is 468 g/mol. The van der Waals surface area contributed by atoms with Gasteiger partial charge in [0.25, 0.3) is 11.5 Å². The van der Waals surface area contributed by atoms with Crippen LogP contribution in [-0.2, 0) is 17.8 Å². The molecule has 0 saturated carbocycles. The van der Waals surface area contributed by atoms with E-state index < -0.39 is 5.97 Å². The molecule has 174 valence electrons. The number of nitrogens with zero attached hydrogens (tertiary/aromatic N) is 5. The van der Waals surface area contributed by atoms with E-state index in [1.54, 1.807) is 59.3 Å².